The molecule has 0 saturated heterocycles. The third kappa shape index (κ3) is 5.71. The van der Waals surface area contributed by atoms with Gasteiger partial charge in [0.2, 0.25) is 0 Å². The molecular formula is C25H19BrN2O3. The van der Waals surface area contributed by atoms with Gasteiger partial charge in [0, 0.05) is 10.0 Å². The average molecular weight is 475 g/mol. The van der Waals surface area contributed by atoms with Crippen molar-refractivity contribution >= 4 is 28.1 Å². The summed E-state index contributed by atoms with van der Waals surface area (Å²) in [4.78, 5) is 12.0. The second-order valence-corrected chi connectivity index (χ2v) is 7.60. The molecule has 0 atom stereocenters. The zero-order chi connectivity index (χ0) is 21.5. The minimum atomic E-state index is -0.358. The molecule has 0 saturated carbocycles. The summed E-state index contributed by atoms with van der Waals surface area (Å²) in [5.41, 5.74) is 5.60. The molecule has 4 aromatic rings. The van der Waals surface area contributed by atoms with Gasteiger partial charge in [0.15, 0.2) is 6.61 Å². The van der Waals surface area contributed by atoms with Crippen LogP contribution in [-0.4, -0.2) is 18.7 Å². The van der Waals surface area contributed by atoms with Crippen LogP contribution in [0.5, 0.6) is 5.75 Å². The van der Waals surface area contributed by atoms with E-state index in [1.807, 2.05) is 84.9 Å². The fraction of sp³-hybridized carbons (Fsp3) is 0.0400. The van der Waals surface area contributed by atoms with Crippen LogP contribution >= 0.6 is 15.9 Å². The predicted molar refractivity (Wildman–Crippen MR) is 125 cm³/mol. The van der Waals surface area contributed by atoms with Crippen LogP contribution < -0.4 is 10.2 Å². The SMILES string of the molecule is O=C(COc1ccc(-c2ccccc2)cc1)N/N=C\c1ccc(-c2ccc(Br)cc2)o1. The third-order valence-corrected chi connectivity index (χ3v) is 5.00. The zero-order valence-corrected chi connectivity index (χ0v) is 18.1. The zero-order valence-electron chi connectivity index (χ0n) is 16.5. The van der Waals surface area contributed by atoms with Crippen molar-refractivity contribution in [3.05, 3.63) is 101 Å². The van der Waals surface area contributed by atoms with Crippen molar-refractivity contribution in [3.63, 3.8) is 0 Å². The number of hydrazone groups is 1. The minimum Gasteiger partial charge on any atom is -0.484 e. The fourth-order valence-corrected chi connectivity index (χ4v) is 3.18. The Labute approximate surface area is 188 Å². The van der Waals surface area contributed by atoms with Gasteiger partial charge in [-0.2, -0.15) is 5.10 Å². The fourth-order valence-electron chi connectivity index (χ4n) is 2.91. The van der Waals surface area contributed by atoms with Crippen LogP contribution in [0.4, 0.5) is 0 Å². The summed E-state index contributed by atoms with van der Waals surface area (Å²) in [6, 6.07) is 29.1. The Morgan fingerprint density at radius 1 is 0.871 bits per heavy atom. The van der Waals surface area contributed by atoms with Gasteiger partial charge in [-0.1, -0.05) is 70.5 Å². The smallest absolute Gasteiger partial charge is 0.277 e. The molecule has 0 aliphatic rings. The maximum absolute atomic E-state index is 12.0. The molecule has 1 aromatic heterocycles. The molecule has 1 heterocycles. The first-order chi connectivity index (χ1) is 15.2. The van der Waals surface area contributed by atoms with Gasteiger partial charge in [-0.05, 0) is 47.5 Å². The minimum absolute atomic E-state index is 0.135. The quantitative estimate of drug-likeness (QED) is 0.267. The molecule has 0 fully saturated rings. The molecule has 1 N–H and O–H groups in total. The number of halogens is 1. The van der Waals surface area contributed by atoms with Gasteiger partial charge in [-0.15, -0.1) is 0 Å². The largest absolute Gasteiger partial charge is 0.484 e. The summed E-state index contributed by atoms with van der Waals surface area (Å²) in [5.74, 6) is 1.52. The van der Waals surface area contributed by atoms with Crippen LogP contribution in [0.25, 0.3) is 22.5 Å². The van der Waals surface area contributed by atoms with E-state index < -0.39 is 0 Å². The van der Waals surface area contributed by atoms with E-state index in [-0.39, 0.29) is 12.5 Å². The summed E-state index contributed by atoms with van der Waals surface area (Å²) in [5, 5.41) is 3.92. The van der Waals surface area contributed by atoms with E-state index >= 15 is 0 Å². The summed E-state index contributed by atoms with van der Waals surface area (Å²) in [6.45, 7) is -0.135. The molecule has 31 heavy (non-hydrogen) atoms. The lowest BCUT2D eigenvalue weighted by Gasteiger charge is -2.06. The van der Waals surface area contributed by atoms with Gasteiger partial charge in [0.25, 0.3) is 5.91 Å². The first-order valence-corrected chi connectivity index (χ1v) is 10.4. The molecule has 1 amide bonds. The second kappa shape index (κ2) is 9.91. The number of hydrogen-bond donors (Lipinski definition) is 1. The lowest BCUT2D eigenvalue weighted by molar-refractivity contribution is -0.123. The van der Waals surface area contributed by atoms with Crippen LogP contribution in [0.1, 0.15) is 5.76 Å². The molecule has 0 unspecified atom stereocenters. The van der Waals surface area contributed by atoms with Crippen molar-refractivity contribution in [1.29, 1.82) is 0 Å². The third-order valence-electron chi connectivity index (χ3n) is 4.47. The Morgan fingerprint density at radius 3 is 2.29 bits per heavy atom. The highest BCUT2D eigenvalue weighted by Gasteiger charge is 2.05. The average Bonchev–Trinajstić information content (AvgIpc) is 3.28. The molecular weight excluding hydrogens is 456 g/mol. The van der Waals surface area contributed by atoms with Crippen LogP contribution in [0, 0.1) is 0 Å². The normalized spacial score (nSPS) is 10.9. The molecule has 0 radical (unpaired) electrons. The first kappa shape index (κ1) is 20.6. The summed E-state index contributed by atoms with van der Waals surface area (Å²) in [7, 11) is 0. The van der Waals surface area contributed by atoms with E-state index in [1.54, 1.807) is 6.07 Å². The van der Waals surface area contributed by atoms with Crippen molar-refractivity contribution in [2.45, 2.75) is 0 Å². The topological polar surface area (TPSA) is 63.8 Å². The molecule has 0 aliphatic carbocycles. The van der Waals surface area contributed by atoms with E-state index in [4.69, 9.17) is 9.15 Å². The lowest BCUT2D eigenvalue weighted by atomic mass is 10.1. The highest BCUT2D eigenvalue weighted by Crippen LogP contribution is 2.24. The molecule has 5 nitrogen and oxygen atoms in total. The van der Waals surface area contributed by atoms with Crippen molar-refractivity contribution < 1.29 is 13.9 Å². The highest BCUT2D eigenvalue weighted by atomic mass is 79.9. The van der Waals surface area contributed by atoms with Crippen LogP contribution in [0.3, 0.4) is 0 Å². The van der Waals surface area contributed by atoms with Gasteiger partial charge >= 0.3 is 0 Å². The molecule has 0 aliphatic heterocycles. The van der Waals surface area contributed by atoms with Crippen molar-refractivity contribution in [1.82, 2.24) is 5.43 Å². The Morgan fingerprint density at radius 2 is 1.55 bits per heavy atom. The van der Waals surface area contributed by atoms with E-state index in [0.717, 1.165) is 26.9 Å². The van der Waals surface area contributed by atoms with Gasteiger partial charge < -0.3 is 9.15 Å². The van der Waals surface area contributed by atoms with Crippen LogP contribution in [0.2, 0.25) is 0 Å². The number of rotatable bonds is 7. The number of hydrogen-bond acceptors (Lipinski definition) is 4. The maximum Gasteiger partial charge on any atom is 0.277 e. The molecule has 3 aromatic carbocycles. The summed E-state index contributed by atoms with van der Waals surface area (Å²) in [6.07, 6.45) is 1.45. The lowest BCUT2D eigenvalue weighted by Crippen LogP contribution is -2.24. The van der Waals surface area contributed by atoms with Crippen LogP contribution in [-0.2, 0) is 4.79 Å². The Balaban J connectivity index is 1.26. The summed E-state index contributed by atoms with van der Waals surface area (Å²) >= 11 is 3.41. The maximum atomic E-state index is 12.0. The van der Waals surface area contributed by atoms with E-state index in [2.05, 4.69) is 26.5 Å². The number of amides is 1. The van der Waals surface area contributed by atoms with E-state index in [1.165, 1.54) is 6.21 Å². The van der Waals surface area contributed by atoms with E-state index in [9.17, 15) is 4.79 Å². The number of furan rings is 1. The Kier molecular flexibility index (Phi) is 6.59. The number of carbonyl (C=O) groups excluding carboxylic acids is 1. The highest BCUT2D eigenvalue weighted by molar-refractivity contribution is 9.10. The second-order valence-electron chi connectivity index (χ2n) is 6.68. The van der Waals surface area contributed by atoms with Crippen molar-refractivity contribution in [2.24, 2.45) is 5.10 Å². The Bertz CT molecular complexity index is 1170. The van der Waals surface area contributed by atoms with Gasteiger partial charge in [0.1, 0.15) is 17.3 Å². The number of benzene rings is 3. The molecule has 4 rings (SSSR count). The van der Waals surface area contributed by atoms with Gasteiger partial charge in [0.05, 0.1) is 6.21 Å². The van der Waals surface area contributed by atoms with Crippen molar-refractivity contribution in [2.75, 3.05) is 6.61 Å². The predicted octanol–water partition coefficient (Wildman–Crippen LogP) is 5.91. The first-order valence-electron chi connectivity index (χ1n) is 9.63. The summed E-state index contributed by atoms with van der Waals surface area (Å²) < 4.78 is 12.2. The number of ether oxygens (including phenoxy) is 1. The van der Waals surface area contributed by atoms with Gasteiger partial charge in [-0.3, -0.25) is 4.79 Å². The van der Waals surface area contributed by atoms with Crippen molar-refractivity contribution in [3.8, 4) is 28.2 Å². The Hall–Kier alpha value is -3.64. The van der Waals surface area contributed by atoms with Crippen LogP contribution in [0.15, 0.2) is 105 Å². The number of nitrogens with one attached hydrogen (secondary N) is 1. The number of nitrogens with zero attached hydrogens (tertiary/aromatic N) is 1. The molecule has 154 valence electrons. The monoisotopic (exact) mass is 474 g/mol. The molecule has 6 heteroatoms. The standard InChI is InChI=1S/C25H19BrN2O3/c26-21-10-6-20(7-11-21)24-15-14-23(31-24)16-27-28-25(29)17-30-22-12-8-19(9-13-22)18-4-2-1-3-5-18/h1-16H,17H2,(H,28,29)/b27-16-. The number of carbonyl (C=O) groups is 1. The van der Waals surface area contributed by atoms with E-state index in [0.29, 0.717) is 11.5 Å². The molecule has 0 spiro atoms. The molecule has 0 bridgehead atoms. The van der Waals surface area contributed by atoms with Gasteiger partial charge in [-0.25, -0.2) is 5.43 Å².